The molecule has 160 valence electrons. The number of rotatable bonds is 9. The van der Waals surface area contributed by atoms with Crippen molar-refractivity contribution in [3.8, 4) is 11.5 Å². The molecule has 0 atom stereocenters. The van der Waals surface area contributed by atoms with Gasteiger partial charge >= 0.3 is 0 Å². The first-order chi connectivity index (χ1) is 15.1. The van der Waals surface area contributed by atoms with Gasteiger partial charge in [0.25, 0.3) is 5.91 Å². The normalized spacial score (nSPS) is 10.3. The minimum atomic E-state index is -0.433. The van der Waals surface area contributed by atoms with Crippen molar-refractivity contribution in [2.75, 3.05) is 23.8 Å². The van der Waals surface area contributed by atoms with E-state index in [9.17, 15) is 9.59 Å². The van der Waals surface area contributed by atoms with Gasteiger partial charge in [0, 0.05) is 24.5 Å². The number of carbonyl (C=O) groups is 2. The van der Waals surface area contributed by atoms with E-state index in [4.69, 9.17) is 9.47 Å². The zero-order valence-corrected chi connectivity index (χ0v) is 17.4. The van der Waals surface area contributed by atoms with Gasteiger partial charge in [-0.1, -0.05) is 30.3 Å². The highest BCUT2D eigenvalue weighted by Crippen LogP contribution is 2.37. The molecule has 2 aromatic carbocycles. The summed E-state index contributed by atoms with van der Waals surface area (Å²) in [5, 5.41) is 5.65. The van der Waals surface area contributed by atoms with E-state index in [1.807, 2.05) is 44.2 Å². The second-order valence-electron chi connectivity index (χ2n) is 6.47. The number of carbonyl (C=O) groups excluding carboxylic acids is 2. The maximum absolute atomic E-state index is 12.6. The highest BCUT2D eigenvalue weighted by Gasteiger charge is 2.17. The van der Waals surface area contributed by atoms with Gasteiger partial charge in [-0.05, 0) is 19.4 Å². The fourth-order valence-corrected chi connectivity index (χ4v) is 2.88. The number of amides is 2. The third kappa shape index (κ3) is 6.02. The van der Waals surface area contributed by atoms with Crippen molar-refractivity contribution < 1.29 is 19.1 Å². The van der Waals surface area contributed by atoms with Gasteiger partial charge in [-0.2, -0.15) is 0 Å². The number of hydrogen-bond acceptors (Lipinski definition) is 6. The molecular weight excluding hydrogens is 396 g/mol. The lowest BCUT2D eigenvalue weighted by Gasteiger charge is -2.17. The van der Waals surface area contributed by atoms with Crippen LogP contribution in [-0.4, -0.2) is 35.0 Å². The lowest BCUT2D eigenvalue weighted by Crippen LogP contribution is -2.17. The predicted molar refractivity (Wildman–Crippen MR) is 118 cm³/mol. The summed E-state index contributed by atoms with van der Waals surface area (Å²) in [6.45, 7) is 4.43. The van der Waals surface area contributed by atoms with Gasteiger partial charge in [-0.25, -0.2) is 4.98 Å². The molecule has 31 heavy (non-hydrogen) atoms. The van der Waals surface area contributed by atoms with Crippen molar-refractivity contribution in [1.29, 1.82) is 0 Å². The molecule has 3 aromatic rings. The summed E-state index contributed by atoms with van der Waals surface area (Å²) in [4.78, 5) is 33.0. The average Bonchev–Trinajstić information content (AvgIpc) is 2.78. The molecule has 0 saturated heterocycles. The Morgan fingerprint density at radius 3 is 2.13 bits per heavy atom. The van der Waals surface area contributed by atoms with E-state index in [1.165, 1.54) is 18.6 Å². The second kappa shape index (κ2) is 10.7. The maximum Gasteiger partial charge on any atom is 0.275 e. The molecule has 1 heterocycles. The Kier molecular flexibility index (Phi) is 7.53. The van der Waals surface area contributed by atoms with Gasteiger partial charge in [0.1, 0.15) is 17.2 Å². The first kappa shape index (κ1) is 21.8. The first-order valence-electron chi connectivity index (χ1n) is 9.95. The maximum atomic E-state index is 12.6. The lowest BCUT2D eigenvalue weighted by atomic mass is 10.1. The Morgan fingerprint density at radius 2 is 1.55 bits per heavy atom. The lowest BCUT2D eigenvalue weighted by molar-refractivity contribution is -0.115. The van der Waals surface area contributed by atoms with Crippen LogP contribution >= 0.6 is 0 Å². The van der Waals surface area contributed by atoms with E-state index in [2.05, 4.69) is 20.6 Å². The Labute approximate surface area is 180 Å². The number of hydrogen-bond donors (Lipinski definition) is 2. The standard InChI is InChI=1S/C23H24N4O4/c1-3-30-20-14-18(27-23(29)19-15-24-10-11-25-19)21(31-4-2)13-17(20)26-22(28)12-16-8-6-5-7-9-16/h5-11,13-15H,3-4,12H2,1-2H3,(H,26,28)(H,27,29). The van der Waals surface area contributed by atoms with Gasteiger partial charge in [0.05, 0.1) is 37.2 Å². The van der Waals surface area contributed by atoms with E-state index in [-0.39, 0.29) is 18.0 Å². The van der Waals surface area contributed by atoms with Crippen LogP contribution in [0.1, 0.15) is 29.9 Å². The molecule has 1 aromatic heterocycles. The molecule has 3 rings (SSSR count). The van der Waals surface area contributed by atoms with Crippen LogP contribution in [0.4, 0.5) is 11.4 Å². The summed E-state index contributed by atoms with van der Waals surface area (Å²) in [5.74, 6) is 0.198. The van der Waals surface area contributed by atoms with Crippen LogP contribution in [0.15, 0.2) is 61.1 Å². The van der Waals surface area contributed by atoms with Crippen LogP contribution in [0, 0.1) is 0 Å². The first-order valence-corrected chi connectivity index (χ1v) is 9.95. The highest BCUT2D eigenvalue weighted by molar-refractivity contribution is 6.04. The fraction of sp³-hybridized carbons (Fsp3) is 0.217. The van der Waals surface area contributed by atoms with Crippen molar-refractivity contribution in [3.63, 3.8) is 0 Å². The quantitative estimate of drug-likeness (QED) is 0.547. The van der Waals surface area contributed by atoms with Crippen LogP contribution in [0.2, 0.25) is 0 Å². The number of aromatic nitrogens is 2. The number of anilines is 2. The van der Waals surface area contributed by atoms with Crippen LogP contribution in [0.25, 0.3) is 0 Å². The summed E-state index contributed by atoms with van der Waals surface area (Å²) in [7, 11) is 0. The smallest absolute Gasteiger partial charge is 0.275 e. The third-order valence-corrected chi connectivity index (χ3v) is 4.21. The van der Waals surface area contributed by atoms with Crippen LogP contribution < -0.4 is 20.1 Å². The average molecular weight is 420 g/mol. The third-order valence-electron chi connectivity index (χ3n) is 4.21. The van der Waals surface area contributed by atoms with E-state index < -0.39 is 5.91 Å². The van der Waals surface area contributed by atoms with Crippen LogP contribution in [0.3, 0.4) is 0 Å². The molecule has 2 amide bonds. The minimum Gasteiger partial charge on any atom is -0.492 e. The van der Waals surface area contributed by atoms with Crippen molar-refractivity contribution in [2.45, 2.75) is 20.3 Å². The topological polar surface area (TPSA) is 102 Å². The molecule has 8 heteroatoms. The molecule has 0 radical (unpaired) electrons. The van der Waals surface area contributed by atoms with Gasteiger partial charge in [-0.15, -0.1) is 0 Å². The molecule has 0 fully saturated rings. The van der Waals surface area contributed by atoms with Crippen molar-refractivity contribution in [2.24, 2.45) is 0 Å². The van der Waals surface area contributed by atoms with Crippen molar-refractivity contribution in [1.82, 2.24) is 9.97 Å². The molecule has 2 N–H and O–H groups in total. The van der Waals surface area contributed by atoms with E-state index in [0.717, 1.165) is 5.56 Å². The van der Waals surface area contributed by atoms with E-state index in [1.54, 1.807) is 12.1 Å². The van der Waals surface area contributed by atoms with Gasteiger partial charge < -0.3 is 20.1 Å². The SMILES string of the molecule is CCOc1cc(NC(=O)c2cnccn2)c(OCC)cc1NC(=O)Cc1ccccc1. The zero-order valence-electron chi connectivity index (χ0n) is 17.4. The van der Waals surface area contributed by atoms with Crippen molar-refractivity contribution in [3.05, 3.63) is 72.3 Å². The Morgan fingerprint density at radius 1 is 0.903 bits per heavy atom. The number of nitrogens with zero attached hydrogens (tertiary/aromatic N) is 2. The number of nitrogens with one attached hydrogen (secondary N) is 2. The van der Waals surface area contributed by atoms with Gasteiger partial charge in [-0.3, -0.25) is 14.6 Å². The molecule has 0 bridgehead atoms. The molecule has 0 aliphatic heterocycles. The molecule has 8 nitrogen and oxygen atoms in total. The minimum absolute atomic E-state index is 0.170. The number of ether oxygens (including phenoxy) is 2. The van der Waals surface area contributed by atoms with Crippen LogP contribution in [-0.2, 0) is 11.2 Å². The molecule has 0 aliphatic rings. The molecule has 0 spiro atoms. The summed E-state index contributed by atoms with van der Waals surface area (Å²) in [6, 6.07) is 12.7. The Balaban J connectivity index is 1.86. The van der Waals surface area contributed by atoms with E-state index >= 15 is 0 Å². The molecule has 0 unspecified atom stereocenters. The number of benzene rings is 2. The molecular formula is C23H24N4O4. The summed E-state index contributed by atoms with van der Waals surface area (Å²) < 4.78 is 11.4. The van der Waals surface area contributed by atoms with Crippen molar-refractivity contribution >= 4 is 23.2 Å². The summed E-state index contributed by atoms with van der Waals surface area (Å²) in [5.41, 5.74) is 1.93. The summed E-state index contributed by atoms with van der Waals surface area (Å²) >= 11 is 0. The fourth-order valence-electron chi connectivity index (χ4n) is 2.88. The molecule has 0 saturated carbocycles. The Bertz CT molecular complexity index is 1030. The summed E-state index contributed by atoms with van der Waals surface area (Å²) in [6.07, 6.45) is 4.52. The monoisotopic (exact) mass is 420 g/mol. The van der Waals surface area contributed by atoms with E-state index in [0.29, 0.717) is 36.1 Å². The second-order valence-corrected chi connectivity index (χ2v) is 6.47. The largest absolute Gasteiger partial charge is 0.492 e. The van der Waals surface area contributed by atoms with Gasteiger partial charge in [0.15, 0.2) is 0 Å². The predicted octanol–water partition coefficient (Wildman–Crippen LogP) is 3.71. The zero-order chi connectivity index (χ0) is 22.1. The van der Waals surface area contributed by atoms with Gasteiger partial charge in [0.2, 0.25) is 5.91 Å². The highest BCUT2D eigenvalue weighted by atomic mass is 16.5. The van der Waals surface area contributed by atoms with Crippen LogP contribution in [0.5, 0.6) is 11.5 Å². The Hall–Kier alpha value is -3.94. The molecule has 0 aliphatic carbocycles.